The van der Waals surface area contributed by atoms with Crippen LogP contribution in [0, 0.1) is 6.92 Å². The second-order valence-corrected chi connectivity index (χ2v) is 5.70. The number of benzene rings is 1. The van der Waals surface area contributed by atoms with E-state index >= 15 is 0 Å². The van der Waals surface area contributed by atoms with Crippen molar-refractivity contribution in [3.05, 3.63) is 70.6 Å². The fourth-order valence-corrected chi connectivity index (χ4v) is 3.12. The molecule has 0 saturated carbocycles. The van der Waals surface area contributed by atoms with Gasteiger partial charge in [0, 0.05) is 23.4 Å². The molecule has 1 aliphatic carbocycles. The van der Waals surface area contributed by atoms with Gasteiger partial charge in [-0.1, -0.05) is 37.3 Å². The van der Waals surface area contributed by atoms with Crippen LogP contribution in [-0.4, -0.2) is 10.9 Å². The third kappa shape index (κ3) is 2.42. The van der Waals surface area contributed by atoms with E-state index in [1.807, 2.05) is 43.5 Å². The minimum atomic E-state index is -0.229. The number of carbonyl (C=O) groups excluding carboxylic acids is 1. The second kappa shape index (κ2) is 5.73. The first-order valence-electron chi connectivity index (χ1n) is 7.36. The molecular weight excluding hydrogens is 274 g/mol. The van der Waals surface area contributed by atoms with Crippen LogP contribution in [0.25, 0.3) is 6.08 Å². The molecule has 22 heavy (non-hydrogen) atoms. The summed E-state index contributed by atoms with van der Waals surface area (Å²) < 4.78 is 0. The summed E-state index contributed by atoms with van der Waals surface area (Å²) >= 11 is 0. The summed E-state index contributed by atoms with van der Waals surface area (Å²) in [4.78, 5) is 16.5. The molecule has 0 saturated heterocycles. The lowest BCUT2D eigenvalue weighted by Gasteiger charge is -2.23. The van der Waals surface area contributed by atoms with Crippen molar-refractivity contribution in [2.75, 3.05) is 0 Å². The number of amides is 1. The van der Waals surface area contributed by atoms with Crippen molar-refractivity contribution in [2.45, 2.75) is 25.7 Å². The Balaban J connectivity index is 2.04. The lowest BCUT2D eigenvalue weighted by atomic mass is 9.80. The zero-order valence-electron chi connectivity index (χ0n) is 12.7. The number of hydrogen-bond acceptors (Lipinski definition) is 3. The molecule has 1 aliphatic rings. The van der Waals surface area contributed by atoms with Gasteiger partial charge in [0.25, 0.3) is 5.91 Å². The van der Waals surface area contributed by atoms with Gasteiger partial charge in [0.1, 0.15) is 0 Å². The van der Waals surface area contributed by atoms with Crippen LogP contribution in [0.5, 0.6) is 0 Å². The maximum Gasteiger partial charge on any atom is 0.261 e. The van der Waals surface area contributed by atoms with Gasteiger partial charge in [0.05, 0.1) is 0 Å². The number of carbonyl (C=O) groups is 1. The van der Waals surface area contributed by atoms with Crippen molar-refractivity contribution in [1.82, 2.24) is 10.4 Å². The lowest BCUT2D eigenvalue weighted by molar-refractivity contribution is -0.117. The van der Waals surface area contributed by atoms with Gasteiger partial charge in [0.2, 0.25) is 0 Å². The summed E-state index contributed by atoms with van der Waals surface area (Å²) in [5.41, 5.74) is 7.31. The van der Waals surface area contributed by atoms with Crippen molar-refractivity contribution in [2.24, 2.45) is 5.84 Å². The molecule has 0 fully saturated rings. The predicted molar refractivity (Wildman–Crippen MR) is 86.9 cm³/mol. The Bertz CT molecular complexity index is 734. The highest BCUT2D eigenvalue weighted by molar-refractivity contribution is 6.01. The maximum absolute atomic E-state index is 12.2. The fraction of sp³-hybridized carbons (Fsp3) is 0.222. The van der Waals surface area contributed by atoms with Crippen molar-refractivity contribution in [3.8, 4) is 0 Å². The average molecular weight is 293 g/mol. The number of hydrogen-bond donors (Lipinski definition) is 2. The molecule has 1 heterocycles. The normalized spacial score (nSPS) is 17.6. The van der Waals surface area contributed by atoms with Crippen molar-refractivity contribution < 1.29 is 4.79 Å². The van der Waals surface area contributed by atoms with Crippen LogP contribution < -0.4 is 11.3 Å². The SMILES string of the molecule is Cc1ccc(C(C)C2C(C(=O)NN)=Cc3ccccc32)cn1. The molecule has 2 aromatic rings. The molecule has 4 nitrogen and oxygen atoms in total. The molecule has 2 atom stereocenters. The van der Waals surface area contributed by atoms with E-state index in [9.17, 15) is 4.79 Å². The van der Waals surface area contributed by atoms with Crippen molar-refractivity contribution in [3.63, 3.8) is 0 Å². The van der Waals surface area contributed by atoms with E-state index in [4.69, 9.17) is 5.84 Å². The van der Waals surface area contributed by atoms with Gasteiger partial charge in [-0.25, -0.2) is 5.84 Å². The number of nitrogens with two attached hydrogens (primary N) is 1. The molecular formula is C18H19N3O. The van der Waals surface area contributed by atoms with E-state index < -0.39 is 0 Å². The molecule has 1 aromatic heterocycles. The number of aryl methyl sites for hydroxylation is 1. The molecule has 0 aliphatic heterocycles. The first-order chi connectivity index (χ1) is 10.6. The highest BCUT2D eigenvalue weighted by atomic mass is 16.2. The number of pyridine rings is 1. The maximum atomic E-state index is 12.2. The molecule has 0 radical (unpaired) electrons. The van der Waals surface area contributed by atoms with E-state index in [0.29, 0.717) is 5.57 Å². The van der Waals surface area contributed by atoms with E-state index in [0.717, 1.165) is 22.4 Å². The third-order valence-corrected chi connectivity index (χ3v) is 4.33. The van der Waals surface area contributed by atoms with Gasteiger partial charge in [-0.15, -0.1) is 0 Å². The average Bonchev–Trinajstić information content (AvgIpc) is 2.93. The van der Waals surface area contributed by atoms with E-state index in [1.165, 1.54) is 0 Å². The predicted octanol–water partition coefficient (Wildman–Crippen LogP) is 2.66. The highest BCUT2D eigenvalue weighted by Crippen LogP contribution is 2.44. The van der Waals surface area contributed by atoms with Crippen LogP contribution in [0.1, 0.15) is 41.1 Å². The van der Waals surface area contributed by atoms with Gasteiger partial charge in [0.15, 0.2) is 0 Å². The number of hydrazine groups is 1. The smallest absolute Gasteiger partial charge is 0.261 e. The Morgan fingerprint density at radius 1 is 1.27 bits per heavy atom. The summed E-state index contributed by atoms with van der Waals surface area (Å²) in [6.07, 6.45) is 3.82. The molecule has 1 amide bonds. The molecule has 1 aromatic carbocycles. The molecule has 2 unspecified atom stereocenters. The quantitative estimate of drug-likeness (QED) is 0.519. The Labute approximate surface area is 130 Å². The van der Waals surface area contributed by atoms with Gasteiger partial charge in [-0.2, -0.15) is 0 Å². The number of aromatic nitrogens is 1. The number of fused-ring (bicyclic) bond motifs is 1. The Kier molecular flexibility index (Phi) is 3.77. The van der Waals surface area contributed by atoms with E-state index in [1.54, 1.807) is 0 Å². The van der Waals surface area contributed by atoms with Crippen LogP contribution in [0.3, 0.4) is 0 Å². The van der Waals surface area contributed by atoms with E-state index in [-0.39, 0.29) is 17.7 Å². The lowest BCUT2D eigenvalue weighted by Crippen LogP contribution is -2.33. The summed E-state index contributed by atoms with van der Waals surface area (Å²) in [5.74, 6) is 5.26. The first kappa shape index (κ1) is 14.5. The number of nitrogens with one attached hydrogen (secondary N) is 1. The molecule has 0 spiro atoms. The van der Waals surface area contributed by atoms with Crippen LogP contribution >= 0.6 is 0 Å². The third-order valence-electron chi connectivity index (χ3n) is 4.33. The second-order valence-electron chi connectivity index (χ2n) is 5.70. The van der Waals surface area contributed by atoms with Crippen LogP contribution in [0.15, 0.2) is 48.2 Å². The van der Waals surface area contributed by atoms with Gasteiger partial charge < -0.3 is 0 Å². The summed E-state index contributed by atoms with van der Waals surface area (Å²) in [6, 6.07) is 12.2. The summed E-state index contributed by atoms with van der Waals surface area (Å²) in [7, 11) is 0. The fourth-order valence-electron chi connectivity index (χ4n) is 3.12. The van der Waals surface area contributed by atoms with Gasteiger partial charge in [-0.05, 0) is 41.7 Å². The topological polar surface area (TPSA) is 68.0 Å². The summed E-state index contributed by atoms with van der Waals surface area (Å²) in [5, 5.41) is 0. The Hall–Kier alpha value is -2.46. The van der Waals surface area contributed by atoms with Crippen LogP contribution in [0.4, 0.5) is 0 Å². The molecule has 112 valence electrons. The highest BCUT2D eigenvalue weighted by Gasteiger charge is 2.34. The minimum Gasteiger partial charge on any atom is -0.290 e. The molecule has 4 heteroatoms. The van der Waals surface area contributed by atoms with Gasteiger partial charge in [-0.3, -0.25) is 15.2 Å². The molecule has 3 rings (SSSR count). The van der Waals surface area contributed by atoms with Crippen molar-refractivity contribution >= 4 is 12.0 Å². The minimum absolute atomic E-state index is 0.00995. The van der Waals surface area contributed by atoms with Gasteiger partial charge >= 0.3 is 0 Å². The first-order valence-corrected chi connectivity index (χ1v) is 7.36. The molecule has 3 N–H and O–H groups in total. The number of nitrogens with zero attached hydrogens (tertiary/aromatic N) is 1. The van der Waals surface area contributed by atoms with Crippen LogP contribution in [-0.2, 0) is 4.79 Å². The molecule has 0 bridgehead atoms. The largest absolute Gasteiger partial charge is 0.290 e. The zero-order chi connectivity index (χ0) is 15.7. The van der Waals surface area contributed by atoms with Crippen LogP contribution in [0.2, 0.25) is 0 Å². The standard InChI is InChI=1S/C18H19N3O/c1-11-7-8-14(10-20-11)12(2)17-15-6-4-3-5-13(15)9-16(17)18(22)21-19/h3-10,12,17H,19H2,1-2H3,(H,21,22). The Morgan fingerprint density at radius 3 is 2.73 bits per heavy atom. The van der Waals surface area contributed by atoms with Crippen molar-refractivity contribution in [1.29, 1.82) is 0 Å². The number of rotatable bonds is 3. The zero-order valence-corrected chi connectivity index (χ0v) is 12.7. The van der Waals surface area contributed by atoms with E-state index in [2.05, 4.69) is 29.5 Å². The summed E-state index contributed by atoms with van der Waals surface area (Å²) in [6.45, 7) is 4.09. The Morgan fingerprint density at radius 2 is 2.05 bits per heavy atom. The monoisotopic (exact) mass is 293 g/mol.